The molecule has 0 bridgehead atoms. The highest BCUT2D eigenvalue weighted by atomic mass is 31.0. The van der Waals surface area contributed by atoms with Crippen molar-refractivity contribution in [3.05, 3.63) is 11.6 Å². The lowest BCUT2D eigenvalue weighted by Crippen LogP contribution is -2.21. The summed E-state index contributed by atoms with van der Waals surface area (Å²) in [7, 11) is 2.35. The van der Waals surface area contributed by atoms with Gasteiger partial charge >= 0.3 is 5.97 Å². The van der Waals surface area contributed by atoms with Crippen molar-refractivity contribution < 1.29 is 14.1 Å². The highest BCUT2D eigenvalue weighted by Gasteiger charge is 2.19. The average Bonchev–Trinajstić information content (AvgIpc) is 2.38. The largest absolute Gasteiger partial charge is 0.458 e. The van der Waals surface area contributed by atoms with E-state index in [0.29, 0.717) is 18.3 Å². The predicted octanol–water partition coefficient (Wildman–Crippen LogP) is 4.67. The van der Waals surface area contributed by atoms with Crippen LogP contribution >= 0.6 is 9.47 Å². The normalized spacial score (nSPS) is 21.8. The highest BCUT2D eigenvalue weighted by Crippen LogP contribution is 2.23. The van der Waals surface area contributed by atoms with Crippen molar-refractivity contribution in [3.63, 3.8) is 0 Å². The Morgan fingerprint density at radius 2 is 2.10 bits per heavy atom. The number of carbonyl (C=O) groups is 1. The first-order chi connectivity index (χ1) is 9.92. The maximum atomic E-state index is 12.0. The summed E-state index contributed by atoms with van der Waals surface area (Å²) in [6.07, 6.45) is 8.05. The summed E-state index contributed by atoms with van der Waals surface area (Å²) in [5, 5.41) is 0. The summed E-state index contributed by atoms with van der Waals surface area (Å²) in [6, 6.07) is 0. The number of ether oxygens (including phenoxy) is 1. The Morgan fingerprint density at radius 1 is 1.38 bits per heavy atom. The van der Waals surface area contributed by atoms with E-state index in [0.717, 1.165) is 32.1 Å². The second kappa shape index (κ2) is 9.58. The van der Waals surface area contributed by atoms with Crippen molar-refractivity contribution in [2.45, 2.75) is 78.4 Å². The molecular weight excluding hydrogens is 283 g/mol. The summed E-state index contributed by atoms with van der Waals surface area (Å²) >= 11 is 0. The second-order valence-electron chi connectivity index (χ2n) is 6.74. The topological polar surface area (TPSA) is 35.5 Å². The molecule has 4 heteroatoms. The second-order valence-corrected chi connectivity index (χ2v) is 7.01. The third kappa shape index (κ3) is 7.42. The molecule has 0 fully saturated rings. The van der Waals surface area contributed by atoms with Gasteiger partial charge in [0.25, 0.3) is 0 Å². The van der Waals surface area contributed by atoms with E-state index < -0.39 is 0 Å². The van der Waals surface area contributed by atoms with Gasteiger partial charge in [0.1, 0.15) is 6.10 Å². The molecule has 122 valence electrons. The fourth-order valence-corrected chi connectivity index (χ4v) is 3.22. The molecule has 0 spiro atoms. The van der Waals surface area contributed by atoms with Gasteiger partial charge in [-0.3, -0.25) is 4.79 Å². The molecular formula is C17H31O3P. The number of esters is 1. The van der Waals surface area contributed by atoms with Gasteiger partial charge in [0.05, 0.1) is 6.10 Å². The standard InChI is InChI=1S/C17H31O3P/c1-12(2)16(20-21)9-8-14(4)11-17(18)19-15-7-5-6-13(3)10-15/h10,12,14-16H,5-9,11,21H2,1-4H3/t14-,15-,16+/m1/s1. The Kier molecular flexibility index (Phi) is 8.51. The molecule has 0 radical (unpaired) electrons. The minimum Gasteiger partial charge on any atom is -0.458 e. The molecule has 4 atom stereocenters. The zero-order valence-corrected chi connectivity index (χ0v) is 15.1. The minimum absolute atomic E-state index is 0.00256. The van der Waals surface area contributed by atoms with Crippen molar-refractivity contribution in [2.75, 3.05) is 0 Å². The maximum absolute atomic E-state index is 12.0. The van der Waals surface area contributed by atoms with Gasteiger partial charge < -0.3 is 9.26 Å². The van der Waals surface area contributed by atoms with E-state index in [9.17, 15) is 4.79 Å². The Hall–Kier alpha value is -0.400. The quantitative estimate of drug-likeness (QED) is 0.371. The minimum atomic E-state index is -0.0636. The van der Waals surface area contributed by atoms with E-state index in [1.54, 1.807) is 0 Å². The van der Waals surface area contributed by atoms with E-state index in [4.69, 9.17) is 9.26 Å². The average molecular weight is 314 g/mol. The summed E-state index contributed by atoms with van der Waals surface area (Å²) in [4.78, 5) is 12.0. The van der Waals surface area contributed by atoms with Crippen LogP contribution in [0.15, 0.2) is 11.6 Å². The molecule has 0 saturated carbocycles. The first kappa shape index (κ1) is 18.6. The summed E-state index contributed by atoms with van der Waals surface area (Å²) in [5.74, 6) is 0.774. The summed E-state index contributed by atoms with van der Waals surface area (Å²) < 4.78 is 11.0. The van der Waals surface area contributed by atoms with Crippen LogP contribution < -0.4 is 0 Å². The monoisotopic (exact) mass is 314 g/mol. The lowest BCUT2D eigenvalue weighted by atomic mass is 9.95. The van der Waals surface area contributed by atoms with E-state index in [2.05, 4.69) is 43.2 Å². The Labute approximate surface area is 132 Å². The van der Waals surface area contributed by atoms with E-state index >= 15 is 0 Å². The molecule has 1 unspecified atom stereocenters. The summed E-state index contributed by atoms with van der Waals surface area (Å²) in [6.45, 7) is 8.54. The molecule has 3 nitrogen and oxygen atoms in total. The van der Waals surface area contributed by atoms with Crippen molar-refractivity contribution in [1.29, 1.82) is 0 Å². The van der Waals surface area contributed by atoms with Crippen LogP contribution in [0.3, 0.4) is 0 Å². The van der Waals surface area contributed by atoms with Gasteiger partial charge in [-0.25, -0.2) is 0 Å². The zero-order chi connectivity index (χ0) is 15.8. The van der Waals surface area contributed by atoms with Crippen LogP contribution in [-0.4, -0.2) is 18.2 Å². The molecule has 0 amide bonds. The third-order valence-electron chi connectivity index (χ3n) is 4.19. The van der Waals surface area contributed by atoms with Crippen molar-refractivity contribution in [3.8, 4) is 0 Å². The Morgan fingerprint density at radius 3 is 2.67 bits per heavy atom. The van der Waals surface area contributed by atoms with Crippen molar-refractivity contribution in [2.24, 2.45) is 11.8 Å². The van der Waals surface area contributed by atoms with E-state index in [1.165, 1.54) is 5.57 Å². The molecule has 0 aliphatic heterocycles. The van der Waals surface area contributed by atoms with Crippen LogP contribution in [0.5, 0.6) is 0 Å². The number of allylic oxidation sites excluding steroid dienone is 1. The molecule has 1 aliphatic rings. The van der Waals surface area contributed by atoms with Crippen molar-refractivity contribution in [1.82, 2.24) is 0 Å². The molecule has 0 aromatic rings. The number of rotatable bonds is 8. The van der Waals surface area contributed by atoms with Gasteiger partial charge in [0.2, 0.25) is 0 Å². The van der Waals surface area contributed by atoms with Crippen LogP contribution in [-0.2, 0) is 14.1 Å². The molecule has 0 aromatic carbocycles. The van der Waals surface area contributed by atoms with Crippen LogP contribution in [0.4, 0.5) is 0 Å². The van der Waals surface area contributed by atoms with Crippen LogP contribution in [0.25, 0.3) is 0 Å². The first-order valence-corrected chi connectivity index (χ1v) is 8.61. The number of hydrogen-bond acceptors (Lipinski definition) is 3. The van der Waals surface area contributed by atoms with Gasteiger partial charge in [-0.15, -0.1) is 0 Å². The molecule has 0 heterocycles. The molecule has 0 saturated heterocycles. The first-order valence-electron chi connectivity index (χ1n) is 8.14. The van der Waals surface area contributed by atoms with Crippen LogP contribution in [0.2, 0.25) is 0 Å². The molecule has 0 aromatic heterocycles. The van der Waals surface area contributed by atoms with Crippen LogP contribution in [0.1, 0.15) is 66.2 Å². The van der Waals surface area contributed by atoms with Crippen molar-refractivity contribution >= 4 is 15.4 Å². The lowest BCUT2D eigenvalue weighted by molar-refractivity contribution is -0.148. The van der Waals surface area contributed by atoms with Gasteiger partial charge in [0.15, 0.2) is 0 Å². The van der Waals surface area contributed by atoms with Gasteiger partial charge in [0, 0.05) is 15.9 Å². The van der Waals surface area contributed by atoms with Gasteiger partial charge in [-0.2, -0.15) is 0 Å². The lowest BCUT2D eigenvalue weighted by Gasteiger charge is -2.22. The van der Waals surface area contributed by atoms with Gasteiger partial charge in [-0.1, -0.05) is 26.3 Å². The maximum Gasteiger partial charge on any atom is 0.306 e. The molecule has 0 N–H and O–H groups in total. The molecule has 21 heavy (non-hydrogen) atoms. The summed E-state index contributed by atoms with van der Waals surface area (Å²) in [5.41, 5.74) is 1.34. The molecule has 1 aliphatic carbocycles. The highest BCUT2D eigenvalue weighted by molar-refractivity contribution is 7.09. The Balaban J connectivity index is 2.28. The fraction of sp³-hybridized carbons (Fsp3) is 0.824. The predicted molar refractivity (Wildman–Crippen MR) is 89.9 cm³/mol. The Bertz CT molecular complexity index is 352. The molecule has 1 rings (SSSR count). The van der Waals surface area contributed by atoms with Crippen LogP contribution in [0, 0.1) is 11.8 Å². The van der Waals surface area contributed by atoms with E-state index in [1.807, 2.05) is 0 Å². The number of hydrogen-bond donors (Lipinski definition) is 0. The fourth-order valence-electron chi connectivity index (χ4n) is 2.77. The number of carbonyl (C=O) groups excluding carboxylic acids is 1. The smallest absolute Gasteiger partial charge is 0.306 e. The van der Waals surface area contributed by atoms with E-state index in [-0.39, 0.29) is 18.2 Å². The zero-order valence-electron chi connectivity index (χ0n) is 13.9. The SMILES string of the molecule is CC1=C[C@H](OC(=O)C[C@H](C)CC[C@H](OP)C(C)C)CCC1. The third-order valence-corrected chi connectivity index (χ3v) is 4.54. The van der Waals surface area contributed by atoms with Gasteiger partial charge in [-0.05, 0) is 56.9 Å².